The molecule has 1 saturated heterocycles. The van der Waals surface area contributed by atoms with Crippen LogP contribution in [0, 0.1) is 0 Å². The summed E-state index contributed by atoms with van der Waals surface area (Å²) in [5, 5.41) is 1.69. The average Bonchev–Trinajstić information content (AvgIpc) is 2.49. The van der Waals surface area contributed by atoms with Crippen molar-refractivity contribution in [3.63, 3.8) is 0 Å². The van der Waals surface area contributed by atoms with E-state index in [9.17, 15) is 9.59 Å². The van der Waals surface area contributed by atoms with Crippen LogP contribution < -0.4 is 11.1 Å². The highest BCUT2D eigenvalue weighted by atomic mass is 32.2. The van der Waals surface area contributed by atoms with E-state index >= 15 is 0 Å². The molecule has 1 aliphatic rings. The van der Waals surface area contributed by atoms with Crippen molar-refractivity contribution in [1.82, 2.24) is 5.32 Å². The molecule has 0 aliphatic carbocycles. The second-order valence-corrected chi connectivity index (χ2v) is 4.50. The maximum atomic E-state index is 11.3. The van der Waals surface area contributed by atoms with E-state index in [1.54, 1.807) is 12.1 Å². The standard InChI is InChI=1S/C10H10N2O2S/c11-7-3-1-6(2-4-7)5-8-9(13)12-10(14)15-8/h1-4,8H,5,11H2,(H,12,13,14)/t8-/m0/s1. The zero-order valence-electron chi connectivity index (χ0n) is 7.90. The number of amides is 2. The maximum Gasteiger partial charge on any atom is 0.286 e. The van der Waals surface area contributed by atoms with Gasteiger partial charge in [0.1, 0.15) is 0 Å². The van der Waals surface area contributed by atoms with Gasteiger partial charge in [0.2, 0.25) is 5.91 Å². The lowest BCUT2D eigenvalue weighted by Crippen LogP contribution is -2.25. The second kappa shape index (κ2) is 3.94. The van der Waals surface area contributed by atoms with Gasteiger partial charge in [0.05, 0.1) is 5.25 Å². The molecular formula is C10H10N2O2S. The van der Waals surface area contributed by atoms with Gasteiger partial charge < -0.3 is 5.73 Å². The third-order valence-electron chi connectivity index (χ3n) is 2.17. The van der Waals surface area contributed by atoms with E-state index in [1.165, 1.54) is 0 Å². The number of carbonyl (C=O) groups excluding carboxylic acids is 2. The summed E-state index contributed by atoms with van der Waals surface area (Å²) in [6.07, 6.45) is 0.558. The van der Waals surface area contributed by atoms with E-state index in [1.807, 2.05) is 12.1 Å². The average molecular weight is 222 g/mol. The van der Waals surface area contributed by atoms with E-state index < -0.39 is 0 Å². The summed E-state index contributed by atoms with van der Waals surface area (Å²) in [5.41, 5.74) is 7.24. The molecule has 5 heteroatoms. The molecule has 1 atom stereocenters. The summed E-state index contributed by atoms with van der Waals surface area (Å²) < 4.78 is 0. The number of anilines is 1. The van der Waals surface area contributed by atoms with Crippen LogP contribution in [-0.4, -0.2) is 16.4 Å². The van der Waals surface area contributed by atoms with Crippen LogP contribution in [0.5, 0.6) is 0 Å². The first-order valence-corrected chi connectivity index (χ1v) is 5.39. The molecule has 1 aromatic rings. The first-order chi connectivity index (χ1) is 7.15. The molecule has 0 unspecified atom stereocenters. The molecule has 0 saturated carbocycles. The molecule has 1 fully saturated rings. The zero-order chi connectivity index (χ0) is 10.8. The van der Waals surface area contributed by atoms with Crippen LogP contribution in [0.1, 0.15) is 5.56 Å². The lowest BCUT2D eigenvalue weighted by molar-refractivity contribution is -0.118. The number of nitrogens with one attached hydrogen (secondary N) is 1. The molecule has 0 bridgehead atoms. The van der Waals surface area contributed by atoms with Gasteiger partial charge in [-0.15, -0.1) is 0 Å². The molecule has 2 amide bonds. The van der Waals surface area contributed by atoms with Crippen LogP contribution in [0.25, 0.3) is 0 Å². The van der Waals surface area contributed by atoms with Crippen molar-refractivity contribution < 1.29 is 9.59 Å². The van der Waals surface area contributed by atoms with Gasteiger partial charge in [-0.25, -0.2) is 0 Å². The van der Waals surface area contributed by atoms with Crippen LogP contribution in [0.3, 0.4) is 0 Å². The highest BCUT2D eigenvalue weighted by molar-refractivity contribution is 8.15. The van der Waals surface area contributed by atoms with Crippen LogP contribution >= 0.6 is 11.8 Å². The number of benzene rings is 1. The fourth-order valence-electron chi connectivity index (χ4n) is 1.40. The van der Waals surface area contributed by atoms with Gasteiger partial charge in [-0.1, -0.05) is 23.9 Å². The van der Waals surface area contributed by atoms with Gasteiger partial charge in [-0.3, -0.25) is 14.9 Å². The Balaban J connectivity index is 2.06. The Labute approximate surface area is 91.2 Å². The quantitative estimate of drug-likeness (QED) is 0.737. The largest absolute Gasteiger partial charge is 0.399 e. The summed E-state index contributed by atoms with van der Waals surface area (Å²) >= 11 is 1.04. The fraction of sp³-hybridized carbons (Fsp3) is 0.200. The van der Waals surface area contributed by atoms with Crippen LogP contribution in [0.4, 0.5) is 10.5 Å². The van der Waals surface area contributed by atoms with E-state index in [2.05, 4.69) is 5.32 Å². The zero-order valence-corrected chi connectivity index (χ0v) is 8.71. The number of nitrogens with two attached hydrogens (primary N) is 1. The molecular weight excluding hydrogens is 212 g/mol. The second-order valence-electron chi connectivity index (χ2n) is 3.33. The topological polar surface area (TPSA) is 72.2 Å². The Bertz CT molecular complexity index is 402. The SMILES string of the molecule is Nc1ccc(C[C@@H]2SC(=O)NC2=O)cc1. The minimum Gasteiger partial charge on any atom is -0.399 e. The molecule has 3 N–H and O–H groups in total. The van der Waals surface area contributed by atoms with E-state index in [0.717, 1.165) is 17.3 Å². The molecule has 78 valence electrons. The number of imide groups is 1. The molecule has 4 nitrogen and oxygen atoms in total. The third kappa shape index (κ3) is 2.30. The molecule has 1 aromatic carbocycles. The Morgan fingerprint density at radius 3 is 2.47 bits per heavy atom. The van der Waals surface area contributed by atoms with Crippen molar-refractivity contribution in [2.24, 2.45) is 0 Å². The van der Waals surface area contributed by atoms with Crippen molar-refractivity contribution >= 4 is 28.6 Å². The van der Waals surface area contributed by atoms with E-state index in [4.69, 9.17) is 5.73 Å². The maximum absolute atomic E-state index is 11.3. The molecule has 15 heavy (non-hydrogen) atoms. The molecule has 1 heterocycles. The summed E-state index contributed by atoms with van der Waals surface area (Å²) in [7, 11) is 0. The Morgan fingerprint density at radius 2 is 1.93 bits per heavy atom. The Hall–Kier alpha value is -1.49. The van der Waals surface area contributed by atoms with Crippen LogP contribution in [-0.2, 0) is 11.2 Å². The number of hydrogen-bond acceptors (Lipinski definition) is 4. The summed E-state index contributed by atoms with van der Waals surface area (Å²) in [6.45, 7) is 0. The third-order valence-corrected chi connectivity index (χ3v) is 3.15. The highest BCUT2D eigenvalue weighted by Gasteiger charge is 2.31. The predicted molar refractivity (Wildman–Crippen MR) is 59.5 cm³/mol. The van der Waals surface area contributed by atoms with E-state index in [0.29, 0.717) is 12.1 Å². The first-order valence-electron chi connectivity index (χ1n) is 4.51. The summed E-state index contributed by atoms with van der Waals surface area (Å²) in [5.74, 6) is -0.207. The smallest absolute Gasteiger partial charge is 0.286 e. The van der Waals surface area contributed by atoms with Gasteiger partial charge in [0, 0.05) is 5.69 Å². The van der Waals surface area contributed by atoms with Crippen LogP contribution in [0.2, 0.25) is 0 Å². The number of carbonyl (C=O) groups is 2. The molecule has 0 radical (unpaired) electrons. The number of rotatable bonds is 2. The van der Waals surface area contributed by atoms with Crippen molar-refractivity contribution in [3.8, 4) is 0 Å². The Kier molecular flexibility index (Phi) is 2.64. The monoisotopic (exact) mass is 222 g/mol. The highest BCUT2D eigenvalue weighted by Crippen LogP contribution is 2.23. The van der Waals surface area contributed by atoms with Crippen molar-refractivity contribution in [2.45, 2.75) is 11.7 Å². The number of hydrogen-bond donors (Lipinski definition) is 2. The van der Waals surface area contributed by atoms with Gasteiger partial charge in [0.25, 0.3) is 5.24 Å². The lowest BCUT2D eigenvalue weighted by atomic mass is 10.1. The minimum atomic E-state index is -0.305. The minimum absolute atomic E-state index is 0.207. The van der Waals surface area contributed by atoms with Gasteiger partial charge >= 0.3 is 0 Å². The van der Waals surface area contributed by atoms with Crippen molar-refractivity contribution in [3.05, 3.63) is 29.8 Å². The number of thioether (sulfide) groups is 1. The summed E-state index contributed by atoms with van der Waals surface area (Å²) in [6, 6.07) is 7.31. The predicted octanol–water partition coefficient (Wildman–Crippen LogP) is 1.16. The van der Waals surface area contributed by atoms with Crippen molar-refractivity contribution in [2.75, 3.05) is 5.73 Å². The molecule has 0 spiro atoms. The first kappa shape index (κ1) is 10.0. The van der Waals surface area contributed by atoms with Gasteiger partial charge in [-0.2, -0.15) is 0 Å². The van der Waals surface area contributed by atoms with Crippen molar-refractivity contribution in [1.29, 1.82) is 0 Å². The molecule has 2 rings (SSSR count). The Morgan fingerprint density at radius 1 is 1.27 bits per heavy atom. The fourth-order valence-corrected chi connectivity index (χ4v) is 2.26. The van der Waals surface area contributed by atoms with Crippen LogP contribution in [0.15, 0.2) is 24.3 Å². The summed E-state index contributed by atoms with van der Waals surface area (Å²) in [4.78, 5) is 22.2. The normalized spacial score (nSPS) is 20.4. The lowest BCUT2D eigenvalue weighted by Gasteiger charge is -2.04. The van der Waals surface area contributed by atoms with Gasteiger partial charge in [0.15, 0.2) is 0 Å². The van der Waals surface area contributed by atoms with E-state index in [-0.39, 0.29) is 16.4 Å². The number of nitrogen functional groups attached to an aromatic ring is 1. The molecule has 0 aromatic heterocycles. The molecule has 1 aliphatic heterocycles. The van der Waals surface area contributed by atoms with Gasteiger partial charge in [-0.05, 0) is 24.1 Å².